The summed E-state index contributed by atoms with van der Waals surface area (Å²) in [6.45, 7) is 2.19. The van der Waals surface area contributed by atoms with Crippen molar-refractivity contribution in [3.05, 3.63) is 42.7 Å². The summed E-state index contributed by atoms with van der Waals surface area (Å²) < 4.78 is 5.47. The number of thiophene rings is 2. The van der Waals surface area contributed by atoms with Crippen LogP contribution < -0.4 is 5.32 Å². The molecule has 2 aromatic heterocycles. The molecular formula is C21H24ClN3O4S2. The number of rotatable bonds is 4. The van der Waals surface area contributed by atoms with E-state index in [9.17, 15) is 14.4 Å². The fraction of sp³-hybridized carbons (Fsp3) is 0.476. The van der Waals surface area contributed by atoms with Crippen LogP contribution in [-0.4, -0.2) is 73.5 Å². The molecule has 7 nitrogen and oxygen atoms in total. The lowest BCUT2D eigenvalue weighted by Crippen LogP contribution is -2.41. The Bertz CT molecular complexity index is 979. The van der Waals surface area contributed by atoms with Gasteiger partial charge >= 0.3 is 5.97 Å². The normalized spacial score (nSPS) is 21.5. The molecule has 0 unspecified atom stereocenters. The number of halogens is 1. The molecule has 2 atom stereocenters. The number of amides is 2. The van der Waals surface area contributed by atoms with E-state index in [4.69, 9.17) is 16.3 Å². The second-order valence-corrected chi connectivity index (χ2v) is 10.7. The highest BCUT2D eigenvalue weighted by Gasteiger charge is 2.42. The molecule has 4 heterocycles. The average molecular weight is 482 g/mol. The summed E-state index contributed by atoms with van der Waals surface area (Å²) in [4.78, 5) is 44.5. The lowest BCUT2D eigenvalue weighted by atomic mass is 10.1. The van der Waals surface area contributed by atoms with Crippen molar-refractivity contribution < 1.29 is 19.1 Å². The number of nitrogens with one attached hydrogen (secondary N) is 1. The van der Waals surface area contributed by atoms with E-state index >= 15 is 0 Å². The first-order valence-electron chi connectivity index (χ1n) is 10.1. The van der Waals surface area contributed by atoms with Gasteiger partial charge in [-0.2, -0.15) is 0 Å². The monoisotopic (exact) mass is 481 g/mol. The predicted molar refractivity (Wildman–Crippen MR) is 121 cm³/mol. The summed E-state index contributed by atoms with van der Waals surface area (Å²) in [5.74, 6) is -0.909. The molecule has 1 fully saturated rings. The van der Waals surface area contributed by atoms with Gasteiger partial charge in [0.15, 0.2) is 0 Å². The van der Waals surface area contributed by atoms with E-state index in [0.29, 0.717) is 20.5 Å². The third-order valence-corrected chi connectivity index (χ3v) is 8.21. The van der Waals surface area contributed by atoms with Crippen LogP contribution in [0.3, 0.4) is 0 Å². The third kappa shape index (κ3) is 4.79. The largest absolute Gasteiger partial charge is 0.467 e. The maximum Gasteiger partial charge on any atom is 0.328 e. The molecule has 31 heavy (non-hydrogen) atoms. The van der Waals surface area contributed by atoms with Gasteiger partial charge in [-0.3, -0.25) is 9.59 Å². The van der Waals surface area contributed by atoms with Gasteiger partial charge in [0.1, 0.15) is 6.04 Å². The number of nitrogens with zero attached hydrogens (tertiary/aromatic N) is 2. The molecule has 0 aromatic carbocycles. The van der Waals surface area contributed by atoms with E-state index in [0.717, 1.165) is 25.9 Å². The van der Waals surface area contributed by atoms with Crippen LogP contribution in [0.1, 0.15) is 36.2 Å². The van der Waals surface area contributed by atoms with Crippen molar-refractivity contribution in [1.29, 1.82) is 0 Å². The highest BCUT2D eigenvalue weighted by atomic mass is 35.5. The van der Waals surface area contributed by atoms with E-state index in [1.165, 1.54) is 45.1 Å². The molecule has 2 aliphatic rings. The maximum atomic E-state index is 13.3. The molecular weight excluding hydrogens is 458 g/mol. The number of carbonyl (C=O) groups is 3. The first-order chi connectivity index (χ1) is 14.9. The molecule has 0 aliphatic carbocycles. The van der Waals surface area contributed by atoms with Crippen LogP contribution in [0.2, 0.25) is 4.34 Å². The Hall–Kier alpha value is -1.94. The molecule has 2 amide bonds. The van der Waals surface area contributed by atoms with Gasteiger partial charge in [0.25, 0.3) is 11.8 Å². The minimum Gasteiger partial charge on any atom is -0.467 e. The number of carbonyl (C=O) groups excluding carboxylic acids is 3. The summed E-state index contributed by atoms with van der Waals surface area (Å²) in [7, 11) is 3.42. The molecule has 166 valence electrons. The Morgan fingerprint density at radius 3 is 2.65 bits per heavy atom. The fourth-order valence-corrected chi connectivity index (χ4v) is 6.17. The number of esters is 1. The summed E-state index contributed by atoms with van der Waals surface area (Å²) >= 11 is 8.62. The Kier molecular flexibility index (Phi) is 6.66. The smallest absolute Gasteiger partial charge is 0.328 e. The van der Waals surface area contributed by atoms with E-state index in [-0.39, 0.29) is 24.4 Å². The van der Waals surface area contributed by atoms with Crippen LogP contribution in [0, 0.1) is 0 Å². The van der Waals surface area contributed by atoms with Crippen LogP contribution in [0.15, 0.2) is 18.2 Å². The van der Waals surface area contributed by atoms with Gasteiger partial charge in [-0.25, -0.2) is 4.79 Å². The van der Waals surface area contributed by atoms with Crippen LogP contribution in [-0.2, 0) is 22.4 Å². The summed E-state index contributed by atoms with van der Waals surface area (Å²) in [5, 5.41) is 2.92. The molecule has 0 bridgehead atoms. The Labute approximate surface area is 193 Å². The Morgan fingerprint density at radius 1 is 1.16 bits per heavy atom. The van der Waals surface area contributed by atoms with Crippen LogP contribution in [0.4, 0.5) is 0 Å². The molecule has 0 radical (unpaired) electrons. The van der Waals surface area contributed by atoms with Gasteiger partial charge in [-0.05, 0) is 43.7 Å². The maximum absolute atomic E-state index is 13.3. The molecule has 0 saturated carbocycles. The van der Waals surface area contributed by atoms with Crippen molar-refractivity contribution in [3.8, 4) is 0 Å². The van der Waals surface area contributed by atoms with Crippen molar-refractivity contribution in [2.45, 2.75) is 31.3 Å². The van der Waals surface area contributed by atoms with E-state index in [1.54, 1.807) is 12.1 Å². The molecule has 2 aromatic rings. The molecule has 1 saturated heterocycles. The third-order valence-electron chi connectivity index (χ3n) is 5.76. The van der Waals surface area contributed by atoms with Crippen LogP contribution in [0.25, 0.3) is 0 Å². The SMILES string of the molecule is COC(=O)[C@@H]1C[C@@H](NC(=O)c2ccc(Cl)s2)CN1C(=O)c1cc2c(s1)CCN(C)CC2. The van der Waals surface area contributed by atoms with Gasteiger partial charge < -0.3 is 19.9 Å². The zero-order valence-electron chi connectivity index (χ0n) is 17.4. The van der Waals surface area contributed by atoms with E-state index in [1.807, 2.05) is 6.07 Å². The number of hydrogen-bond donors (Lipinski definition) is 1. The first kappa shape index (κ1) is 22.3. The molecule has 0 spiro atoms. The van der Waals surface area contributed by atoms with E-state index in [2.05, 4.69) is 17.3 Å². The fourth-order valence-electron chi connectivity index (χ4n) is 4.07. The second-order valence-electron chi connectivity index (χ2n) is 7.87. The number of fused-ring (bicyclic) bond motifs is 1. The van der Waals surface area contributed by atoms with E-state index < -0.39 is 12.0 Å². The summed E-state index contributed by atoms with van der Waals surface area (Å²) in [6, 6.07) is 4.24. The zero-order chi connectivity index (χ0) is 22.1. The van der Waals surface area contributed by atoms with Crippen molar-refractivity contribution in [1.82, 2.24) is 15.1 Å². The quantitative estimate of drug-likeness (QED) is 0.679. The highest BCUT2D eigenvalue weighted by molar-refractivity contribution is 7.18. The van der Waals surface area contributed by atoms with Gasteiger partial charge in [0.2, 0.25) is 0 Å². The molecule has 2 aliphatic heterocycles. The number of ether oxygens (including phenoxy) is 1. The van der Waals surface area contributed by atoms with Gasteiger partial charge in [-0.15, -0.1) is 22.7 Å². The number of likely N-dealkylation sites (N-methyl/N-ethyl adjacent to an activating group) is 1. The topological polar surface area (TPSA) is 79.0 Å². The molecule has 10 heteroatoms. The van der Waals surface area contributed by atoms with Crippen LogP contribution >= 0.6 is 34.3 Å². The molecule has 1 N–H and O–H groups in total. The van der Waals surface area contributed by atoms with Crippen LogP contribution in [0.5, 0.6) is 0 Å². The summed E-state index contributed by atoms with van der Waals surface area (Å²) in [5.41, 5.74) is 1.21. The minimum absolute atomic E-state index is 0.183. The van der Waals surface area contributed by atoms with Crippen molar-refractivity contribution in [2.24, 2.45) is 0 Å². The summed E-state index contributed by atoms with van der Waals surface area (Å²) in [6.07, 6.45) is 2.16. The zero-order valence-corrected chi connectivity index (χ0v) is 19.7. The lowest BCUT2D eigenvalue weighted by Gasteiger charge is -2.21. The molecule has 4 rings (SSSR count). The standard InChI is InChI=1S/C21H24ClN3O4S2/c1-24-7-5-12-9-17(30-15(12)6-8-24)20(27)25-11-13(10-14(25)21(28)29-2)23-19(26)16-3-4-18(22)31-16/h3-4,9,13-14H,5-8,10-11H2,1-2H3,(H,23,26)/t13-,14+/m1/s1. The van der Waals surface area contributed by atoms with Gasteiger partial charge in [0, 0.05) is 37.0 Å². The van der Waals surface area contributed by atoms with Crippen molar-refractivity contribution in [3.63, 3.8) is 0 Å². The van der Waals surface area contributed by atoms with Crippen molar-refractivity contribution >= 4 is 52.1 Å². The average Bonchev–Trinajstić information content (AvgIpc) is 3.45. The lowest BCUT2D eigenvalue weighted by molar-refractivity contribution is -0.145. The highest BCUT2D eigenvalue weighted by Crippen LogP contribution is 2.30. The number of likely N-dealkylation sites (tertiary alicyclic amines) is 1. The first-order valence-corrected chi connectivity index (χ1v) is 12.1. The van der Waals surface area contributed by atoms with Gasteiger partial charge in [0.05, 0.1) is 21.2 Å². The minimum atomic E-state index is -0.720. The Morgan fingerprint density at radius 2 is 1.94 bits per heavy atom. The number of methoxy groups -OCH3 is 1. The van der Waals surface area contributed by atoms with Crippen molar-refractivity contribution in [2.75, 3.05) is 33.8 Å². The predicted octanol–water partition coefficient (Wildman–Crippen LogP) is 2.68. The van der Waals surface area contributed by atoms with Gasteiger partial charge in [-0.1, -0.05) is 11.6 Å². The second kappa shape index (κ2) is 9.28. The number of hydrogen-bond acceptors (Lipinski definition) is 7. The Balaban J connectivity index is 1.50.